The van der Waals surface area contributed by atoms with Crippen LogP contribution in [0.5, 0.6) is 5.75 Å². The number of nitrogens with one attached hydrogen (secondary N) is 1. The van der Waals surface area contributed by atoms with Crippen molar-refractivity contribution in [2.45, 2.75) is 20.8 Å². The van der Waals surface area contributed by atoms with Gasteiger partial charge in [-0.05, 0) is 38.1 Å². The van der Waals surface area contributed by atoms with E-state index in [1.165, 1.54) is 0 Å². The smallest absolute Gasteiger partial charge is 0.219 e. The summed E-state index contributed by atoms with van der Waals surface area (Å²) in [6.07, 6.45) is 0. The van der Waals surface area contributed by atoms with Crippen LogP contribution in [0.25, 0.3) is 0 Å². The van der Waals surface area contributed by atoms with Gasteiger partial charge in [-0.2, -0.15) is 0 Å². The molecule has 1 amide bonds. The Kier molecular flexibility index (Phi) is 5.55. The number of rotatable bonds is 5. The Morgan fingerprint density at radius 3 is 2.46 bits per heavy atom. The number of hydrogen-bond donors (Lipinski definition) is 1. The lowest BCUT2D eigenvalue weighted by atomic mass is 10.3. The van der Waals surface area contributed by atoms with Gasteiger partial charge in [0.2, 0.25) is 5.91 Å². The van der Waals surface area contributed by atoms with Crippen molar-refractivity contribution < 1.29 is 9.53 Å². The van der Waals surface area contributed by atoms with Crippen LogP contribution in [-0.2, 0) is 4.79 Å². The number of benzene rings is 1. The summed E-state index contributed by atoms with van der Waals surface area (Å²) in [5, 5.41) is 3.32. The fourth-order valence-electron chi connectivity index (χ4n) is 2.98. The Bertz CT molecular complexity index is 755. The first-order valence-electron chi connectivity index (χ1n) is 8.91. The van der Waals surface area contributed by atoms with E-state index in [9.17, 15) is 4.79 Å². The molecule has 138 valence electrons. The average Bonchev–Trinajstić information content (AvgIpc) is 2.63. The Hall–Kier alpha value is -2.83. The van der Waals surface area contributed by atoms with Gasteiger partial charge in [0.1, 0.15) is 23.2 Å². The van der Waals surface area contributed by atoms with Gasteiger partial charge in [-0.25, -0.2) is 9.97 Å². The quantitative estimate of drug-likeness (QED) is 0.889. The Morgan fingerprint density at radius 1 is 1.15 bits per heavy atom. The molecule has 1 aliphatic heterocycles. The molecule has 0 radical (unpaired) electrons. The second-order valence-electron chi connectivity index (χ2n) is 6.23. The number of piperazine rings is 1. The maximum absolute atomic E-state index is 11.5. The molecule has 0 spiro atoms. The van der Waals surface area contributed by atoms with Gasteiger partial charge in [0.25, 0.3) is 0 Å². The predicted molar refractivity (Wildman–Crippen MR) is 102 cm³/mol. The van der Waals surface area contributed by atoms with E-state index in [4.69, 9.17) is 4.74 Å². The van der Waals surface area contributed by atoms with Crippen LogP contribution in [0.4, 0.5) is 17.3 Å². The summed E-state index contributed by atoms with van der Waals surface area (Å²) in [7, 11) is 0. The minimum atomic E-state index is 0.126. The number of hydrogen-bond acceptors (Lipinski definition) is 6. The molecule has 2 aromatic rings. The fourth-order valence-corrected chi connectivity index (χ4v) is 2.98. The maximum atomic E-state index is 11.5. The average molecular weight is 355 g/mol. The van der Waals surface area contributed by atoms with Crippen LogP contribution in [0.2, 0.25) is 0 Å². The van der Waals surface area contributed by atoms with Crippen molar-refractivity contribution in [3.8, 4) is 5.75 Å². The normalized spacial score (nSPS) is 14.3. The number of anilines is 3. The molecular formula is C19H25N5O2. The first-order valence-corrected chi connectivity index (χ1v) is 8.91. The molecule has 1 aliphatic rings. The SMILES string of the molecule is CCOc1ccc(Nc2cc(N3CCN(C(C)=O)CC3)nc(C)n2)cc1. The molecule has 26 heavy (non-hydrogen) atoms. The fraction of sp³-hybridized carbons (Fsp3) is 0.421. The van der Waals surface area contributed by atoms with E-state index < -0.39 is 0 Å². The van der Waals surface area contributed by atoms with E-state index in [1.807, 2.05) is 49.1 Å². The molecule has 1 saturated heterocycles. The van der Waals surface area contributed by atoms with Crippen LogP contribution in [-0.4, -0.2) is 53.6 Å². The van der Waals surface area contributed by atoms with E-state index in [0.29, 0.717) is 12.4 Å². The van der Waals surface area contributed by atoms with E-state index in [-0.39, 0.29) is 5.91 Å². The van der Waals surface area contributed by atoms with Gasteiger partial charge in [-0.15, -0.1) is 0 Å². The molecule has 1 fully saturated rings. The highest BCUT2D eigenvalue weighted by Crippen LogP contribution is 2.22. The number of amides is 1. The number of aromatic nitrogens is 2. The second kappa shape index (κ2) is 8.03. The zero-order valence-electron chi connectivity index (χ0n) is 15.5. The van der Waals surface area contributed by atoms with Gasteiger partial charge in [0.15, 0.2) is 0 Å². The summed E-state index contributed by atoms with van der Waals surface area (Å²) in [5.74, 6) is 3.33. The molecule has 1 N–H and O–H groups in total. The molecule has 3 rings (SSSR count). The monoisotopic (exact) mass is 355 g/mol. The van der Waals surface area contributed by atoms with E-state index in [0.717, 1.165) is 49.3 Å². The van der Waals surface area contributed by atoms with Gasteiger partial charge < -0.3 is 19.9 Å². The summed E-state index contributed by atoms with van der Waals surface area (Å²) in [5.41, 5.74) is 0.943. The number of carbonyl (C=O) groups excluding carboxylic acids is 1. The van der Waals surface area contributed by atoms with Gasteiger partial charge >= 0.3 is 0 Å². The molecule has 0 saturated carbocycles. The molecule has 0 unspecified atom stereocenters. The third-order valence-electron chi connectivity index (χ3n) is 4.31. The number of nitrogens with zero attached hydrogens (tertiary/aromatic N) is 4. The topological polar surface area (TPSA) is 70.6 Å². The minimum absolute atomic E-state index is 0.126. The van der Waals surface area contributed by atoms with Crippen LogP contribution in [0, 0.1) is 6.92 Å². The standard InChI is InChI=1S/C19H25N5O2/c1-4-26-17-7-5-16(6-8-17)22-18-13-19(21-14(2)20-18)24-11-9-23(10-12-24)15(3)25/h5-8,13H,4,9-12H2,1-3H3,(H,20,21,22). The van der Waals surface area contributed by atoms with Crippen molar-refractivity contribution >= 4 is 23.2 Å². The van der Waals surface area contributed by atoms with Crippen LogP contribution in [0.3, 0.4) is 0 Å². The maximum Gasteiger partial charge on any atom is 0.219 e. The Morgan fingerprint density at radius 2 is 1.85 bits per heavy atom. The molecule has 1 aromatic heterocycles. The van der Waals surface area contributed by atoms with Crippen molar-refractivity contribution in [2.75, 3.05) is 43.0 Å². The molecule has 0 aliphatic carbocycles. The van der Waals surface area contributed by atoms with Crippen molar-refractivity contribution in [3.63, 3.8) is 0 Å². The summed E-state index contributed by atoms with van der Waals surface area (Å²) < 4.78 is 5.47. The summed E-state index contributed by atoms with van der Waals surface area (Å²) >= 11 is 0. The second-order valence-corrected chi connectivity index (χ2v) is 6.23. The van der Waals surface area contributed by atoms with Crippen molar-refractivity contribution in [1.82, 2.24) is 14.9 Å². The highest BCUT2D eigenvalue weighted by Gasteiger charge is 2.20. The van der Waals surface area contributed by atoms with E-state index >= 15 is 0 Å². The number of aryl methyl sites for hydroxylation is 1. The molecule has 1 aromatic carbocycles. The summed E-state index contributed by atoms with van der Waals surface area (Å²) in [4.78, 5) is 24.6. The lowest BCUT2D eigenvalue weighted by molar-refractivity contribution is -0.129. The van der Waals surface area contributed by atoms with Crippen LogP contribution >= 0.6 is 0 Å². The molecule has 7 nitrogen and oxygen atoms in total. The number of carbonyl (C=O) groups is 1. The first kappa shape index (κ1) is 18.0. The first-order chi connectivity index (χ1) is 12.5. The summed E-state index contributed by atoms with van der Waals surface area (Å²) in [6, 6.07) is 9.75. The Balaban J connectivity index is 1.70. The molecular weight excluding hydrogens is 330 g/mol. The van der Waals surface area contributed by atoms with Crippen LogP contribution in [0.1, 0.15) is 19.7 Å². The third kappa shape index (κ3) is 4.41. The lowest BCUT2D eigenvalue weighted by Crippen LogP contribution is -2.48. The zero-order valence-corrected chi connectivity index (χ0v) is 15.5. The summed E-state index contributed by atoms with van der Waals surface area (Å²) in [6.45, 7) is 9.12. The van der Waals surface area contributed by atoms with Crippen molar-refractivity contribution in [3.05, 3.63) is 36.2 Å². The minimum Gasteiger partial charge on any atom is -0.494 e. The van der Waals surface area contributed by atoms with Crippen LogP contribution < -0.4 is 15.0 Å². The van der Waals surface area contributed by atoms with E-state index in [2.05, 4.69) is 20.2 Å². The molecule has 0 bridgehead atoms. The van der Waals surface area contributed by atoms with Gasteiger partial charge in [0, 0.05) is 44.9 Å². The van der Waals surface area contributed by atoms with E-state index in [1.54, 1.807) is 6.92 Å². The predicted octanol–water partition coefficient (Wildman–Crippen LogP) is 2.60. The molecule has 2 heterocycles. The van der Waals surface area contributed by atoms with Gasteiger partial charge in [0.05, 0.1) is 6.61 Å². The van der Waals surface area contributed by atoms with Gasteiger partial charge in [-0.1, -0.05) is 0 Å². The van der Waals surface area contributed by atoms with Crippen LogP contribution in [0.15, 0.2) is 30.3 Å². The Labute approximate surface area is 154 Å². The van der Waals surface area contributed by atoms with Crippen molar-refractivity contribution in [2.24, 2.45) is 0 Å². The van der Waals surface area contributed by atoms with Crippen molar-refractivity contribution in [1.29, 1.82) is 0 Å². The largest absolute Gasteiger partial charge is 0.494 e. The highest BCUT2D eigenvalue weighted by molar-refractivity contribution is 5.73. The van der Waals surface area contributed by atoms with Gasteiger partial charge in [-0.3, -0.25) is 4.79 Å². The molecule has 0 atom stereocenters. The third-order valence-corrected chi connectivity index (χ3v) is 4.31. The molecule has 7 heteroatoms. The number of ether oxygens (including phenoxy) is 1. The zero-order chi connectivity index (χ0) is 18.5. The lowest BCUT2D eigenvalue weighted by Gasteiger charge is -2.35. The highest BCUT2D eigenvalue weighted by atomic mass is 16.5.